The first kappa shape index (κ1) is 14.7. The van der Waals surface area contributed by atoms with Crippen molar-refractivity contribution in [2.75, 3.05) is 20.3 Å². The molecule has 0 saturated heterocycles. The summed E-state index contributed by atoms with van der Waals surface area (Å²) in [4.78, 5) is 11.9. The molecule has 4 nitrogen and oxygen atoms in total. The Kier molecular flexibility index (Phi) is 5.82. The molecule has 0 heterocycles. The largest absolute Gasteiger partial charge is 0.467 e. The van der Waals surface area contributed by atoms with Crippen molar-refractivity contribution >= 4 is 5.97 Å². The topological polar surface area (TPSA) is 61.5 Å². The zero-order valence-electron chi connectivity index (χ0n) is 11.0. The van der Waals surface area contributed by atoms with Crippen molar-refractivity contribution in [1.82, 2.24) is 0 Å². The van der Waals surface area contributed by atoms with Gasteiger partial charge in [0.2, 0.25) is 0 Å². The monoisotopic (exact) mass is 251 g/mol. The Morgan fingerprint density at radius 2 is 2.00 bits per heavy atom. The highest BCUT2D eigenvalue weighted by atomic mass is 16.5. The van der Waals surface area contributed by atoms with Crippen LogP contribution in [0.15, 0.2) is 30.3 Å². The molecule has 1 aromatic rings. The number of carbonyl (C=O) groups is 1. The number of hydrogen-bond acceptors (Lipinski definition) is 4. The third-order valence-electron chi connectivity index (χ3n) is 2.81. The van der Waals surface area contributed by atoms with Gasteiger partial charge in [0.25, 0.3) is 0 Å². The molecule has 0 bridgehead atoms. The molecule has 0 spiro atoms. The molecule has 18 heavy (non-hydrogen) atoms. The van der Waals surface area contributed by atoms with Crippen LogP contribution >= 0.6 is 0 Å². The van der Waals surface area contributed by atoms with Crippen LogP contribution in [0.4, 0.5) is 0 Å². The van der Waals surface area contributed by atoms with Crippen molar-refractivity contribution in [2.45, 2.75) is 25.3 Å². The van der Waals surface area contributed by atoms with E-state index in [1.807, 2.05) is 18.2 Å². The van der Waals surface area contributed by atoms with E-state index in [2.05, 4.69) is 6.92 Å². The van der Waals surface area contributed by atoms with Crippen LogP contribution < -0.4 is 5.73 Å². The van der Waals surface area contributed by atoms with Crippen molar-refractivity contribution < 1.29 is 14.3 Å². The second-order valence-electron chi connectivity index (χ2n) is 4.24. The smallest absolute Gasteiger partial charge is 0.332 e. The van der Waals surface area contributed by atoms with Crippen molar-refractivity contribution in [2.24, 2.45) is 5.73 Å². The predicted molar refractivity (Wildman–Crippen MR) is 70.1 cm³/mol. The van der Waals surface area contributed by atoms with Crippen LogP contribution in [0.3, 0.4) is 0 Å². The molecule has 0 aliphatic rings. The molecule has 1 rings (SSSR count). The van der Waals surface area contributed by atoms with Gasteiger partial charge < -0.3 is 15.2 Å². The molecule has 0 radical (unpaired) electrons. The average molecular weight is 251 g/mol. The first-order valence-electron chi connectivity index (χ1n) is 6.15. The fourth-order valence-corrected chi connectivity index (χ4v) is 1.66. The summed E-state index contributed by atoms with van der Waals surface area (Å²) in [6, 6.07) is 9.16. The molecule has 0 amide bonds. The Bertz CT molecular complexity index is 367. The Morgan fingerprint density at radius 3 is 2.56 bits per heavy atom. The van der Waals surface area contributed by atoms with Crippen molar-refractivity contribution in [1.29, 1.82) is 0 Å². The van der Waals surface area contributed by atoms with Crippen LogP contribution in [0.1, 0.15) is 25.3 Å². The first-order valence-corrected chi connectivity index (χ1v) is 6.15. The SMILES string of the molecule is CCCCOCC(N)(C(=O)OC)c1ccccc1. The lowest BCUT2D eigenvalue weighted by atomic mass is 9.92. The van der Waals surface area contributed by atoms with Crippen LogP contribution in [0, 0.1) is 0 Å². The van der Waals surface area contributed by atoms with E-state index < -0.39 is 11.5 Å². The van der Waals surface area contributed by atoms with Crippen molar-refractivity contribution in [3.63, 3.8) is 0 Å². The summed E-state index contributed by atoms with van der Waals surface area (Å²) in [7, 11) is 1.33. The summed E-state index contributed by atoms with van der Waals surface area (Å²) in [6.07, 6.45) is 1.99. The Labute approximate surface area is 108 Å². The highest BCUT2D eigenvalue weighted by Crippen LogP contribution is 2.20. The summed E-state index contributed by atoms with van der Waals surface area (Å²) < 4.78 is 10.3. The fraction of sp³-hybridized carbons (Fsp3) is 0.500. The molecule has 0 aliphatic heterocycles. The summed E-state index contributed by atoms with van der Waals surface area (Å²) in [5, 5.41) is 0. The number of rotatable bonds is 7. The Morgan fingerprint density at radius 1 is 1.33 bits per heavy atom. The Hall–Kier alpha value is -1.39. The Balaban J connectivity index is 2.79. The van der Waals surface area contributed by atoms with Gasteiger partial charge in [-0.15, -0.1) is 0 Å². The lowest BCUT2D eigenvalue weighted by Crippen LogP contribution is -2.49. The van der Waals surface area contributed by atoms with E-state index in [1.54, 1.807) is 12.1 Å². The van der Waals surface area contributed by atoms with E-state index in [-0.39, 0.29) is 6.61 Å². The average Bonchev–Trinajstić information content (AvgIpc) is 2.43. The van der Waals surface area contributed by atoms with Gasteiger partial charge in [-0.25, -0.2) is 4.79 Å². The number of nitrogens with two attached hydrogens (primary N) is 1. The van der Waals surface area contributed by atoms with Crippen molar-refractivity contribution in [3.8, 4) is 0 Å². The highest BCUT2D eigenvalue weighted by molar-refractivity contribution is 5.82. The molecule has 2 N–H and O–H groups in total. The fourth-order valence-electron chi connectivity index (χ4n) is 1.66. The zero-order valence-corrected chi connectivity index (χ0v) is 11.0. The van der Waals surface area contributed by atoms with E-state index >= 15 is 0 Å². The number of unbranched alkanes of at least 4 members (excludes halogenated alkanes) is 1. The molecular formula is C14H21NO3. The zero-order chi connectivity index (χ0) is 13.4. The number of esters is 1. The molecular weight excluding hydrogens is 230 g/mol. The normalized spacial score (nSPS) is 13.9. The molecule has 0 aliphatic carbocycles. The summed E-state index contributed by atoms with van der Waals surface area (Å²) in [6.45, 7) is 2.81. The van der Waals surface area contributed by atoms with Crippen molar-refractivity contribution in [3.05, 3.63) is 35.9 Å². The number of hydrogen-bond donors (Lipinski definition) is 1. The summed E-state index contributed by atoms with van der Waals surface area (Å²) in [5.74, 6) is -0.481. The van der Waals surface area contributed by atoms with Gasteiger partial charge in [0, 0.05) is 6.61 Å². The van der Waals surface area contributed by atoms with E-state index in [0.29, 0.717) is 12.2 Å². The lowest BCUT2D eigenvalue weighted by Gasteiger charge is -2.26. The molecule has 1 aromatic carbocycles. The van der Waals surface area contributed by atoms with Crippen LogP contribution in [0.25, 0.3) is 0 Å². The van der Waals surface area contributed by atoms with Gasteiger partial charge in [-0.2, -0.15) is 0 Å². The van der Waals surface area contributed by atoms with Gasteiger partial charge in [-0.1, -0.05) is 43.7 Å². The molecule has 4 heteroatoms. The number of methoxy groups -OCH3 is 1. The lowest BCUT2D eigenvalue weighted by molar-refractivity contribution is -0.150. The minimum Gasteiger partial charge on any atom is -0.467 e. The van der Waals surface area contributed by atoms with Gasteiger partial charge in [0.15, 0.2) is 5.54 Å². The molecule has 0 saturated carbocycles. The van der Waals surface area contributed by atoms with E-state index in [1.165, 1.54) is 7.11 Å². The van der Waals surface area contributed by atoms with Gasteiger partial charge in [-0.3, -0.25) is 0 Å². The quantitative estimate of drug-likeness (QED) is 0.593. The number of ether oxygens (including phenoxy) is 2. The molecule has 1 unspecified atom stereocenters. The van der Waals surface area contributed by atoms with E-state index in [0.717, 1.165) is 12.8 Å². The van der Waals surface area contributed by atoms with E-state index in [4.69, 9.17) is 15.2 Å². The minimum absolute atomic E-state index is 0.129. The van der Waals surface area contributed by atoms with Gasteiger partial charge in [0.1, 0.15) is 0 Å². The molecule has 0 aromatic heterocycles. The van der Waals surface area contributed by atoms with Gasteiger partial charge in [-0.05, 0) is 12.0 Å². The third kappa shape index (κ3) is 3.55. The van der Waals surface area contributed by atoms with Crippen LogP contribution in [-0.2, 0) is 19.8 Å². The molecule has 100 valence electrons. The minimum atomic E-state index is -1.23. The second-order valence-corrected chi connectivity index (χ2v) is 4.24. The third-order valence-corrected chi connectivity index (χ3v) is 2.81. The highest BCUT2D eigenvalue weighted by Gasteiger charge is 2.37. The molecule has 0 fully saturated rings. The second kappa shape index (κ2) is 7.13. The number of carbonyl (C=O) groups excluding carboxylic acids is 1. The maximum absolute atomic E-state index is 11.9. The maximum Gasteiger partial charge on any atom is 0.332 e. The van der Waals surface area contributed by atoms with Gasteiger partial charge in [0.05, 0.1) is 13.7 Å². The van der Waals surface area contributed by atoms with E-state index in [9.17, 15) is 4.79 Å². The molecule has 1 atom stereocenters. The first-order chi connectivity index (χ1) is 8.65. The standard InChI is InChI=1S/C14H21NO3/c1-3-4-10-18-11-14(15,13(16)17-2)12-8-6-5-7-9-12/h5-9H,3-4,10-11,15H2,1-2H3. The van der Waals surface area contributed by atoms with Crippen LogP contribution in [0.2, 0.25) is 0 Å². The summed E-state index contributed by atoms with van der Waals surface area (Å²) >= 11 is 0. The van der Waals surface area contributed by atoms with Gasteiger partial charge >= 0.3 is 5.97 Å². The van der Waals surface area contributed by atoms with Crippen LogP contribution in [0.5, 0.6) is 0 Å². The predicted octanol–water partition coefficient (Wildman–Crippen LogP) is 1.83. The number of benzene rings is 1. The van der Waals surface area contributed by atoms with Crippen LogP contribution in [-0.4, -0.2) is 26.3 Å². The summed E-state index contributed by atoms with van der Waals surface area (Å²) in [5.41, 5.74) is 5.63. The maximum atomic E-state index is 11.9.